The van der Waals surface area contributed by atoms with Gasteiger partial charge in [-0.15, -0.1) is 0 Å². The second-order valence-electron chi connectivity index (χ2n) is 7.97. The molecule has 0 spiro atoms. The summed E-state index contributed by atoms with van der Waals surface area (Å²) in [5.74, 6) is 1.33. The summed E-state index contributed by atoms with van der Waals surface area (Å²) in [7, 11) is 0. The summed E-state index contributed by atoms with van der Waals surface area (Å²) < 4.78 is 19.3. The van der Waals surface area contributed by atoms with Gasteiger partial charge in [-0.2, -0.15) is 4.98 Å². The highest BCUT2D eigenvalue weighted by molar-refractivity contribution is 5.86. The zero-order valence-electron chi connectivity index (χ0n) is 17.8. The highest BCUT2D eigenvalue weighted by Gasteiger charge is 2.26. The van der Waals surface area contributed by atoms with Gasteiger partial charge in [0.1, 0.15) is 11.6 Å². The Balaban J connectivity index is 1.72. The maximum atomic E-state index is 13.8. The maximum Gasteiger partial charge on any atom is 0.228 e. The molecule has 0 saturated carbocycles. The molecule has 1 saturated heterocycles. The number of rotatable bonds is 3. The summed E-state index contributed by atoms with van der Waals surface area (Å²) in [5, 5.41) is 0. The standard InChI is InChI=1S/C25H25FN4O/c1-17-6-3-4-8-22(17)30-11-5-7-21-23(20-10-9-19(26)16-18(20)2)27-25(28-24(21)30)29-12-14-31-15-13-29/h3-10,16H,11-15H2,1-2H3. The molecule has 158 valence electrons. The number of nitrogens with zero attached hydrogens (tertiary/aromatic N) is 4. The van der Waals surface area contributed by atoms with Crippen LogP contribution < -0.4 is 9.80 Å². The van der Waals surface area contributed by atoms with Crippen LogP contribution in [0.4, 0.5) is 21.8 Å². The Morgan fingerprint density at radius 1 is 0.968 bits per heavy atom. The van der Waals surface area contributed by atoms with E-state index in [-0.39, 0.29) is 5.82 Å². The lowest BCUT2D eigenvalue weighted by Crippen LogP contribution is -2.38. The van der Waals surface area contributed by atoms with Gasteiger partial charge in [-0.25, -0.2) is 9.37 Å². The number of hydrogen-bond acceptors (Lipinski definition) is 5. The fourth-order valence-electron chi connectivity index (χ4n) is 4.25. The van der Waals surface area contributed by atoms with Crippen molar-refractivity contribution in [3.8, 4) is 11.3 Å². The first kappa shape index (κ1) is 19.7. The van der Waals surface area contributed by atoms with E-state index in [0.717, 1.165) is 53.5 Å². The normalized spacial score (nSPS) is 15.8. The summed E-state index contributed by atoms with van der Waals surface area (Å²) >= 11 is 0. The van der Waals surface area contributed by atoms with Crippen LogP contribution in [-0.4, -0.2) is 42.8 Å². The van der Waals surface area contributed by atoms with Crippen LogP contribution in [0, 0.1) is 19.7 Å². The van der Waals surface area contributed by atoms with Crippen LogP contribution in [-0.2, 0) is 4.74 Å². The fourth-order valence-corrected chi connectivity index (χ4v) is 4.25. The number of ether oxygens (including phenoxy) is 1. The van der Waals surface area contributed by atoms with Crippen LogP contribution in [0.15, 0.2) is 48.5 Å². The minimum absolute atomic E-state index is 0.241. The fraction of sp³-hybridized carbons (Fsp3) is 0.280. The van der Waals surface area contributed by atoms with Gasteiger partial charge in [0.25, 0.3) is 0 Å². The van der Waals surface area contributed by atoms with Crippen molar-refractivity contribution in [3.05, 3.63) is 71.0 Å². The predicted molar refractivity (Wildman–Crippen MR) is 122 cm³/mol. The first-order valence-electron chi connectivity index (χ1n) is 10.6. The first-order valence-corrected chi connectivity index (χ1v) is 10.6. The second-order valence-corrected chi connectivity index (χ2v) is 7.97. The van der Waals surface area contributed by atoms with Gasteiger partial charge < -0.3 is 14.5 Å². The van der Waals surface area contributed by atoms with Crippen LogP contribution in [0.5, 0.6) is 0 Å². The van der Waals surface area contributed by atoms with Crippen LogP contribution in [0.25, 0.3) is 17.3 Å². The van der Waals surface area contributed by atoms with E-state index < -0.39 is 0 Å². The molecule has 6 heteroatoms. The summed E-state index contributed by atoms with van der Waals surface area (Å²) in [6.45, 7) is 7.59. The number of morpholine rings is 1. The number of hydrogen-bond donors (Lipinski definition) is 0. The van der Waals surface area contributed by atoms with E-state index in [2.05, 4.69) is 47.1 Å². The highest BCUT2D eigenvalue weighted by atomic mass is 19.1. The van der Waals surface area contributed by atoms with Crippen LogP contribution in [0.3, 0.4) is 0 Å². The number of halogens is 1. The van der Waals surface area contributed by atoms with Crippen LogP contribution >= 0.6 is 0 Å². The quantitative estimate of drug-likeness (QED) is 0.607. The summed E-state index contributed by atoms with van der Waals surface area (Å²) in [4.78, 5) is 14.4. The van der Waals surface area contributed by atoms with E-state index in [1.807, 2.05) is 19.1 Å². The van der Waals surface area contributed by atoms with Crippen molar-refractivity contribution in [1.82, 2.24) is 9.97 Å². The molecular weight excluding hydrogens is 391 g/mol. The smallest absolute Gasteiger partial charge is 0.228 e. The first-order chi connectivity index (χ1) is 15.1. The summed E-state index contributed by atoms with van der Waals surface area (Å²) in [5.41, 5.74) is 5.89. The highest BCUT2D eigenvalue weighted by Crippen LogP contribution is 2.39. The third-order valence-electron chi connectivity index (χ3n) is 5.89. The van der Waals surface area contributed by atoms with Gasteiger partial charge in [-0.05, 0) is 49.2 Å². The van der Waals surface area contributed by atoms with Crippen molar-refractivity contribution in [2.24, 2.45) is 0 Å². The molecule has 2 aliphatic rings. The zero-order valence-corrected chi connectivity index (χ0v) is 17.8. The van der Waals surface area contributed by atoms with Crippen molar-refractivity contribution in [3.63, 3.8) is 0 Å². The van der Waals surface area contributed by atoms with Gasteiger partial charge >= 0.3 is 0 Å². The molecule has 3 heterocycles. The molecule has 0 aliphatic carbocycles. The molecule has 0 amide bonds. The number of aryl methyl sites for hydroxylation is 2. The molecule has 0 bridgehead atoms. The molecule has 0 N–H and O–H groups in total. The Bertz CT molecular complexity index is 1150. The molecular formula is C25H25FN4O. The Hall–Kier alpha value is -3.25. The molecule has 2 aliphatic heterocycles. The Labute approximate surface area is 181 Å². The topological polar surface area (TPSA) is 41.5 Å². The molecule has 5 nitrogen and oxygen atoms in total. The monoisotopic (exact) mass is 416 g/mol. The van der Waals surface area contributed by atoms with E-state index in [4.69, 9.17) is 14.7 Å². The number of anilines is 3. The maximum absolute atomic E-state index is 13.8. The van der Waals surface area contributed by atoms with E-state index in [0.29, 0.717) is 19.2 Å². The molecule has 0 unspecified atom stereocenters. The van der Waals surface area contributed by atoms with Gasteiger partial charge in [-0.3, -0.25) is 0 Å². The second kappa shape index (κ2) is 8.12. The van der Waals surface area contributed by atoms with E-state index >= 15 is 0 Å². The van der Waals surface area contributed by atoms with Crippen molar-refractivity contribution < 1.29 is 9.13 Å². The molecule has 31 heavy (non-hydrogen) atoms. The summed E-state index contributed by atoms with van der Waals surface area (Å²) in [6, 6.07) is 13.2. The average molecular weight is 417 g/mol. The van der Waals surface area contributed by atoms with E-state index in [1.54, 1.807) is 6.07 Å². The lowest BCUT2D eigenvalue weighted by Gasteiger charge is -2.32. The Kier molecular flexibility index (Phi) is 5.16. The zero-order chi connectivity index (χ0) is 21.4. The van der Waals surface area contributed by atoms with Crippen molar-refractivity contribution >= 4 is 23.5 Å². The minimum atomic E-state index is -0.241. The third kappa shape index (κ3) is 3.68. The van der Waals surface area contributed by atoms with Crippen LogP contribution in [0.1, 0.15) is 16.7 Å². The Morgan fingerprint density at radius 3 is 2.55 bits per heavy atom. The Morgan fingerprint density at radius 2 is 1.77 bits per heavy atom. The largest absolute Gasteiger partial charge is 0.378 e. The number of para-hydroxylation sites is 1. The lowest BCUT2D eigenvalue weighted by molar-refractivity contribution is 0.122. The number of fused-ring (bicyclic) bond motifs is 1. The number of aromatic nitrogens is 2. The third-order valence-corrected chi connectivity index (χ3v) is 5.89. The van der Waals surface area contributed by atoms with Gasteiger partial charge in [-0.1, -0.05) is 30.4 Å². The minimum Gasteiger partial charge on any atom is -0.378 e. The van der Waals surface area contributed by atoms with Crippen molar-refractivity contribution in [2.75, 3.05) is 42.6 Å². The van der Waals surface area contributed by atoms with Gasteiger partial charge in [0.05, 0.1) is 18.9 Å². The molecule has 5 rings (SSSR count). The van der Waals surface area contributed by atoms with Gasteiger partial charge in [0.15, 0.2) is 0 Å². The van der Waals surface area contributed by atoms with Gasteiger partial charge in [0.2, 0.25) is 5.95 Å². The summed E-state index contributed by atoms with van der Waals surface area (Å²) in [6.07, 6.45) is 4.22. The molecule has 1 fully saturated rings. The molecule has 2 aromatic carbocycles. The average Bonchev–Trinajstić information content (AvgIpc) is 2.79. The van der Waals surface area contributed by atoms with E-state index in [1.165, 1.54) is 11.6 Å². The van der Waals surface area contributed by atoms with Gasteiger partial charge in [0, 0.05) is 36.4 Å². The van der Waals surface area contributed by atoms with Crippen LogP contribution in [0.2, 0.25) is 0 Å². The van der Waals surface area contributed by atoms with Crippen molar-refractivity contribution in [2.45, 2.75) is 13.8 Å². The van der Waals surface area contributed by atoms with Crippen molar-refractivity contribution in [1.29, 1.82) is 0 Å². The molecule has 3 aromatic rings. The predicted octanol–water partition coefficient (Wildman–Crippen LogP) is 4.90. The lowest BCUT2D eigenvalue weighted by atomic mass is 9.99. The molecule has 0 radical (unpaired) electrons. The van der Waals surface area contributed by atoms with E-state index in [9.17, 15) is 4.39 Å². The molecule has 0 atom stereocenters. The SMILES string of the molecule is Cc1cc(F)ccc1-c1nc(N2CCOCC2)nc2c1C=CCN2c1ccccc1C. The number of benzene rings is 2. The molecule has 1 aromatic heterocycles.